The lowest BCUT2D eigenvalue weighted by Gasteiger charge is -2.35. The Labute approximate surface area is 121 Å². The first-order valence-electron chi connectivity index (χ1n) is 8.98. The van der Waals surface area contributed by atoms with Gasteiger partial charge in [0.2, 0.25) is 0 Å². The normalized spacial score (nSPS) is 27.6. The molecule has 0 aliphatic heterocycles. The lowest BCUT2D eigenvalue weighted by Crippen LogP contribution is -2.32. The molecule has 0 bridgehead atoms. The van der Waals surface area contributed by atoms with E-state index >= 15 is 0 Å². The van der Waals surface area contributed by atoms with Gasteiger partial charge in [-0.3, -0.25) is 0 Å². The van der Waals surface area contributed by atoms with Crippen molar-refractivity contribution >= 4 is 0 Å². The summed E-state index contributed by atoms with van der Waals surface area (Å²) in [5.74, 6) is 2.95. The van der Waals surface area contributed by atoms with Crippen molar-refractivity contribution in [3.8, 4) is 0 Å². The van der Waals surface area contributed by atoms with Gasteiger partial charge in [-0.05, 0) is 43.7 Å². The molecule has 1 heteroatoms. The van der Waals surface area contributed by atoms with Crippen molar-refractivity contribution in [2.24, 2.45) is 17.8 Å². The highest BCUT2D eigenvalue weighted by Gasteiger charge is 2.27. The van der Waals surface area contributed by atoms with E-state index < -0.39 is 0 Å². The third-order valence-corrected chi connectivity index (χ3v) is 4.99. The van der Waals surface area contributed by atoms with Crippen molar-refractivity contribution in [3.63, 3.8) is 0 Å². The summed E-state index contributed by atoms with van der Waals surface area (Å²) in [6, 6.07) is 0. The van der Waals surface area contributed by atoms with Gasteiger partial charge in [0.25, 0.3) is 0 Å². The zero-order valence-corrected chi connectivity index (χ0v) is 13.7. The Morgan fingerprint density at radius 3 is 2.37 bits per heavy atom. The highest BCUT2D eigenvalue weighted by atomic mass is 14.8. The van der Waals surface area contributed by atoms with Crippen LogP contribution in [0, 0.1) is 17.8 Å². The van der Waals surface area contributed by atoms with E-state index in [1.807, 2.05) is 0 Å². The smallest absolute Gasteiger partial charge is 0.00180 e. The minimum Gasteiger partial charge on any atom is -0.317 e. The fourth-order valence-corrected chi connectivity index (χ4v) is 3.70. The Bertz CT molecular complexity index is 200. The molecule has 1 saturated carbocycles. The zero-order chi connectivity index (χ0) is 13.9. The minimum absolute atomic E-state index is 0.965. The van der Waals surface area contributed by atoms with Gasteiger partial charge >= 0.3 is 0 Å². The van der Waals surface area contributed by atoms with Crippen LogP contribution < -0.4 is 5.32 Å². The molecule has 1 aliphatic carbocycles. The molecule has 0 aromatic carbocycles. The molecule has 0 amide bonds. The lowest BCUT2D eigenvalue weighted by atomic mass is 9.72. The Morgan fingerprint density at radius 1 is 0.895 bits per heavy atom. The van der Waals surface area contributed by atoms with E-state index in [1.165, 1.54) is 70.8 Å². The molecule has 3 atom stereocenters. The number of hydrogen-bond acceptors (Lipinski definition) is 1. The Hall–Kier alpha value is -0.0400. The second kappa shape index (κ2) is 10.7. The van der Waals surface area contributed by atoms with Crippen LogP contribution in [0.5, 0.6) is 0 Å². The molecular weight excluding hydrogens is 230 g/mol. The topological polar surface area (TPSA) is 12.0 Å². The van der Waals surface area contributed by atoms with Gasteiger partial charge in [0.15, 0.2) is 0 Å². The second-order valence-electron chi connectivity index (χ2n) is 6.80. The molecule has 19 heavy (non-hydrogen) atoms. The van der Waals surface area contributed by atoms with Crippen molar-refractivity contribution < 1.29 is 0 Å². The molecule has 0 spiro atoms. The number of nitrogens with one attached hydrogen (secondary N) is 1. The van der Waals surface area contributed by atoms with Crippen LogP contribution >= 0.6 is 0 Å². The van der Waals surface area contributed by atoms with Gasteiger partial charge in [0.1, 0.15) is 0 Å². The first-order valence-corrected chi connectivity index (χ1v) is 8.98. The van der Waals surface area contributed by atoms with E-state index in [4.69, 9.17) is 0 Å². The van der Waals surface area contributed by atoms with Crippen molar-refractivity contribution in [1.29, 1.82) is 0 Å². The molecule has 1 rings (SSSR count). The molecule has 3 unspecified atom stereocenters. The molecule has 0 saturated heterocycles. The van der Waals surface area contributed by atoms with Gasteiger partial charge in [-0.2, -0.15) is 0 Å². The number of hydrogen-bond donors (Lipinski definition) is 1. The highest BCUT2D eigenvalue weighted by molar-refractivity contribution is 4.80. The molecule has 114 valence electrons. The predicted molar refractivity (Wildman–Crippen MR) is 86.5 cm³/mol. The Kier molecular flexibility index (Phi) is 9.59. The van der Waals surface area contributed by atoms with Crippen LogP contribution in [0.3, 0.4) is 0 Å². The summed E-state index contributed by atoms with van der Waals surface area (Å²) >= 11 is 0. The first kappa shape index (κ1) is 17.0. The van der Waals surface area contributed by atoms with Crippen LogP contribution in [-0.4, -0.2) is 13.1 Å². The summed E-state index contributed by atoms with van der Waals surface area (Å²) in [5, 5.41) is 3.58. The number of unbranched alkanes of at least 4 members (excludes halogenated alkanes) is 5. The maximum Gasteiger partial charge on any atom is -0.00180 e. The first-order chi connectivity index (χ1) is 9.27. The van der Waals surface area contributed by atoms with Gasteiger partial charge in [0, 0.05) is 0 Å². The van der Waals surface area contributed by atoms with E-state index in [1.54, 1.807) is 0 Å². The average molecular weight is 268 g/mol. The van der Waals surface area contributed by atoms with Gasteiger partial charge in [-0.25, -0.2) is 0 Å². The van der Waals surface area contributed by atoms with Crippen molar-refractivity contribution in [3.05, 3.63) is 0 Å². The summed E-state index contributed by atoms with van der Waals surface area (Å²) in [6.07, 6.45) is 14.6. The lowest BCUT2D eigenvalue weighted by molar-refractivity contribution is 0.172. The standard InChI is InChI=1S/C18H37N/c1-4-6-7-8-9-10-11-17-14-16(3)12-13-18(17)15-19-5-2/h16-19H,4-15H2,1-3H3. The maximum atomic E-state index is 3.58. The van der Waals surface area contributed by atoms with Gasteiger partial charge < -0.3 is 5.32 Å². The van der Waals surface area contributed by atoms with Crippen molar-refractivity contribution in [2.45, 2.75) is 85.0 Å². The van der Waals surface area contributed by atoms with Crippen molar-refractivity contribution in [1.82, 2.24) is 5.32 Å². The summed E-state index contributed by atoms with van der Waals surface area (Å²) in [7, 11) is 0. The van der Waals surface area contributed by atoms with Crippen LogP contribution in [0.2, 0.25) is 0 Å². The molecule has 1 fully saturated rings. The summed E-state index contributed by atoms with van der Waals surface area (Å²) < 4.78 is 0. The molecule has 1 aliphatic rings. The maximum absolute atomic E-state index is 3.58. The van der Waals surface area contributed by atoms with Crippen LogP contribution in [0.1, 0.15) is 85.0 Å². The monoisotopic (exact) mass is 267 g/mol. The summed E-state index contributed by atoms with van der Waals surface area (Å²) in [5.41, 5.74) is 0. The summed E-state index contributed by atoms with van der Waals surface area (Å²) in [6.45, 7) is 9.39. The molecule has 1 N–H and O–H groups in total. The predicted octanol–water partition coefficient (Wildman–Crippen LogP) is 5.40. The SMILES string of the molecule is CCCCCCCCC1CC(C)CCC1CNCC. The molecular formula is C18H37N. The van der Waals surface area contributed by atoms with Gasteiger partial charge in [-0.1, -0.05) is 72.1 Å². The fourth-order valence-electron chi connectivity index (χ4n) is 3.70. The largest absolute Gasteiger partial charge is 0.317 e. The quantitative estimate of drug-likeness (QED) is 0.523. The average Bonchev–Trinajstić information content (AvgIpc) is 2.42. The van der Waals surface area contributed by atoms with Gasteiger partial charge in [-0.15, -0.1) is 0 Å². The second-order valence-corrected chi connectivity index (χ2v) is 6.80. The Balaban J connectivity index is 2.18. The number of rotatable bonds is 10. The molecule has 0 radical (unpaired) electrons. The molecule has 0 heterocycles. The molecule has 0 aromatic heterocycles. The van der Waals surface area contributed by atoms with E-state index in [0.717, 1.165) is 24.3 Å². The Morgan fingerprint density at radius 2 is 1.63 bits per heavy atom. The van der Waals surface area contributed by atoms with Crippen molar-refractivity contribution in [2.75, 3.05) is 13.1 Å². The summed E-state index contributed by atoms with van der Waals surface area (Å²) in [4.78, 5) is 0. The molecule has 0 aromatic rings. The van der Waals surface area contributed by atoms with E-state index in [0.29, 0.717) is 0 Å². The highest BCUT2D eigenvalue weighted by Crippen LogP contribution is 2.36. The molecule has 1 nitrogen and oxygen atoms in total. The van der Waals surface area contributed by atoms with Crippen LogP contribution in [0.4, 0.5) is 0 Å². The van der Waals surface area contributed by atoms with E-state index in [2.05, 4.69) is 26.1 Å². The van der Waals surface area contributed by atoms with Crippen LogP contribution in [-0.2, 0) is 0 Å². The minimum atomic E-state index is 0.965. The van der Waals surface area contributed by atoms with Crippen LogP contribution in [0.25, 0.3) is 0 Å². The third-order valence-electron chi connectivity index (χ3n) is 4.99. The zero-order valence-electron chi connectivity index (χ0n) is 13.7. The third kappa shape index (κ3) is 7.34. The van der Waals surface area contributed by atoms with E-state index in [-0.39, 0.29) is 0 Å². The van der Waals surface area contributed by atoms with Crippen LogP contribution in [0.15, 0.2) is 0 Å². The fraction of sp³-hybridized carbons (Fsp3) is 1.00. The van der Waals surface area contributed by atoms with E-state index in [9.17, 15) is 0 Å². The van der Waals surface area contributed by atoms with Gasteiger partial charge in [0.05, 0.1) is 0 Å².